The van der Waals surface area contributed by atoms with Gasteiger partial charge >= 0.3 is 12.0 Å². The third-order valence-corrected chi connectivity index (χ3v) is 2.92. The molecular formula is C12H21N3O4. The number of urea groups is 1. The summed E-state index contributed by atoms with van der Waals surface area (Å²) in [6.45, 7) is 1.71. The number of hydrogen-bond acceptors (Lipinski definition) is 3. The highest BCUT2D eigenvalue weighted by Crippen LogP contribution is 2.02. The fourth-order valence-electron chi connectivity index (χ4n) is 1.87. The predicted octanol–water partition coefficient (Wildman–Crippen LogP) is 0.163. The standard InChI is InChI=1S/C12H21N3O4/c16-10-9-15(8-7-13-10)12(19)14-6-4-2-1-3-5-11(17)18/h1-9H2,(H,13,16)(H,14,19)(H,17,18). The molecule has 7 nitrogen and oxygen atoms in total. The number of carboxylic acids is 1. The number of nitrogens with one attached hydrogen (secondary N) is 2. The number of carbonyl (C=O) groups excluding carboxylic acids is 2. The van der Waals surface area contributed by atoms with Crippen molar-refractivity contribution in [3.05, 3.63) is 0 Å². The van der Waals surface area contributed by atoms with Gasteiger partial charge in [0.25, 0.3) is 0 Å². The van der Waals surface area contributed by atoms with Crippen molar-refractivity contribution in [1.82, 2.24) is 15.5 Å². The van der Waals surface area contributed by atoms with Gasteiger partial charge in [-0.3, -0.25) is 9.59 Å². The van der Waals surface area contributed by atoms with E-state index in [2.05, 4.69) is 10.6 Å². The predicted molar refractivity (Wildman–Crippen MR) is 68.7 cm³/mol. The van der Waals surface area contributed by atoms with Gasteiger partial charge < -0.3 is 20.6 Å². The highest BCUT2D eigenvalue weighted by Gasteiger charge is 2.20. The molecule has 0 aliphatic carbocycles. The van der Waals surface area contributed by atoms with E-state index in [0.717, 1.165) is 19.3 Å². The van der Waals surface area contributed by atoms with Crippen molar-refractivity contribution in [2.75, 3.05) is 26.2 Å². The molecule has 0 radical (unpaired) electrons. The Morgan fingerprint density at radius 1 is 1.26 bits per heavy atom. The lowest BCUT2D eigenvalue weighted by Crippen LogP contribution is -2.53. The van der Waals surface area contributed by atoms with Crippen LogP contribution in [0.2, 0.25) is 0 Å². The molecule has 108 valence electrons. The van der Waals surface area contributed by atoms with Crippen LogP contribution in [-0.2, 0) is 9.59 Å². The van der Waals surface area contributed by atoms with Crippen LogP contribution in [0.5, 0.6) is 0 Å². The van der Waals surface area contributed by atoms with Gasteiger partial charge in [-0.25, -0.2) is 4.79 Å². The Kier molecular flexibility index (Phi) is 6.70. The summed E-state index contributed by atoms with van der Waals surface area (Å²) in [6.07, 6.45) is 3.46. The van der Waals surface area contributed by atoms with Gasteiger partial charge in [-0.1, -0.05) is 12.8 Å². The first-order valence-corrected chi connectivity index (χ1v) is 6.61. The number of hydrogen-bond donors (Lipinski definition) is 3. The lowest BCUT2D eigenvalue weighted by atomic mass is 10.1. The molecule has 1 aliphatic heterocycles. The van der Waals surface area contributed by atoms with Crippen LogP contribution >= 0.6 is 0 Å². The van der Waals surface area contributed by atoms with Gasteiger partial charge in [-0.15, -0.1) is 0 Å². The smallest absolute Gasteiger partial charge is 0.317 e. The first-order valence-electron chi connectivity index (χ1n) is 6.61. The van der Waals surface area contributed by atoms with Gasteiger partial charge in [-0.2, -0.15) is 0 Å². The average Bonchev–Trinajstić information content (AvgIpc) is 2.37. The van der Waals surface area contributed by atoms with Crippen LogP contribution in [0, 0.1) is 0 Å². The minimum absolute atomic E-state index is 0.116. The minimum Gasteiger partial charge on any atom is -0.481 e. The van der Waals surface area contributed by atoms with Crippen LogP contribution in [0.1, 0.15) is 32.1 Å². The van der Waals surface area contributed by atoms with Crippen LogP contribution in [0.4, 0.5) is 4.79 Å². The molecule has 0 saturated carbocycles. The number of carboxylic acid groups (broad SMARTS) is 1. The largest absolute Gasteiger partial charge is 0.481 e. The van der Waals surface area contributed by atoms with E-state index in [1.165, 1.54) is 4.90 Å². The lowest BCUT2D eigenvalue weighted by molar-refractivity contribution is -0.137. The van der Waals surface area contributed by atoms with Crippen molar-refractivity contribution >= 4 is 17.9 Å². The molecular weight excluding hydrogens is 250 g/mol. The van der Waals surface area contributed by atoms with Crippen molar-refractivity contribution in [3.63, 3.8) is 0 Å². The second-order valence-corrected chi connectivity index (χ2v) is 4.56. The molecule has 0 spiro atoms. The fourth-order valence-corrected chi connectivity index (χ4v) is 1.87. The molecule has 0 aromatic carbocycles. The molecule has 1 fully saturated rings. The highest BCUT2D eigenvalue weighted by molar-refractivity contribution is 5.85. The van der Waals surface area contributed by atoms with E-state index < -0.39 is 5.97 Å². The summed E-state index contributed by atoms with van der Waals surface area (Å²) in [6, 6.07) is -0.208. The topological polar surface area (TPSA) is 98.7 Å². The maximum Gasteiger partial charge on any atom is 0.317 e. The third-order valence-electron chi connectivity index (χ3n) is 2.92. The molecule has 0 aromatic rings. The van der Waals surface area contributed by atoms with Crippen LogP contribution in [0.15, 0.2) is 0 Å². The molecule has 3 amide bonds. The molecule has 1 heterocycles. The molecule has 0 aromatic heterocycles. The molecule has 1 rings (SSSR count). The summed E-state index contributed by atoms with van der Waals surface area (Å²) in [4.78, 5) is 34.6. The maximum atomic E-state index is 11.7. The fraction of sp³-hybridized carbons (Fsp3) is 0.750. The van der Waals surface area contributed by atoms with Crippen LogP contribution in [-0.4, -0.2) is 54.1 Å². The van der Waals surface area contributed by atoms with Crippen LogP contribution in [0.3, 0.4) is 0 Å². The van der Waals surface area contributed by atoms with Crippen molar-refractivity contribution in [1.29, 1.82) is 0 Å². The van der Waals surface area contributed by atoms with E-state index in [-0.39, 0.29) is 24.9 Å². The lowest BCUT2D eigenvalue weighted by Gasteiger charge is -2.26. The summed E-state index contributed by atoms with van der Waals surface area (Å²) in [5.41, 5.74) is 0. The van der Waals surface area contributed by atoms with Crippen molar-refractivity contribution in [3.8, 4) is 0 Å². The summed E-state index contributed by atoms with van der Waals surface area (Å²) in [5.74, 6) is -0.897. The molecule has 19 heavy (non-hydrogen) atoms. The minimum atomic E-state index is -0.767. The second-order valence-electron chi connectivity index (χ2n) is 4.56. The zero-order valence-electron chi connectivity index (χ0n) is 11.0. The SMILES string of the molecule is O=C(O)CCCCCCNC(=O)N1CCNC(=O)C1. The van der Waals surface area contributed by atoms with E-state index in [0.29, 0.717) is 26.1 Å². The number of rotatable bonds is 7. The summed E-state index contributed by atoms with van der Waals surface area (Å²) >= 11 is 0. The Bertz CT molecular complexity index is 333. The molecule has 1 saturated heterocycles. The number of nitrogens with zero attached hydrogens (tertiary/aromatic N) is 1. The van der Waals surface area contributed by atoms with Crippen molar-refractivity contribution < 1.29 is 19.5 Å². The number of carbonyl (C=O) groups is 3. The average molecular weight is 271 g/mol. The zero-order chi connectivity index (χ0) is 14.1. The molecule has 3 N–H and O–H groups in total. The van der Waals surface area contributed by atoms with E-state index in [9.17, 15) is 14.4 Å². The summed E-state index contributed by atoms with van der Waals surface area (Å²) < 4.78 is 0. The monoisotopic (exact) mass is 271 g/mol. The van der Waals surface area contributed by atoms with Crippen molar-refractivity contribution in [2.45, 2.75) is 32.1 Å². The molecule has 1 aliphatic rings. The summed E-state index contributed by atoms with van der Waals surface area (Å²) in [7, 11) is 0. The number of amides is 3. The van der Waals surface area contributed by atoms with Crippen LogP contribution < -0.4 is 10.6 Å². The Hall–Kier alpha value is -1.79. The van der Waals surface area contributed by atoms with E-state index >= 15 is 0 Å². The molecule has 0 unspecified atom stereocenters. The highest BCUT2D eigenvalue weighted by atomic mass is 16.4. The number of piperazine rings is 1. The Morgan fingerprint density at radius 2 is 2.00 bits per heavy atom. The quantitative estimate of drug-likeness (QED) is 0.574. The normalized spacial score (nSPS) is 14.9. The van der Waals surface area contributed by atoms with Crippen LogP contribution in [0.25, 0.3) is 0 Å². The molecule has 0 bridgehead atoms. The Morgan fingerprint density at radius 3 is 2.68 bits per heavy atom. The number of aliphatic carboxylic acids is 1. The van der Waals surface area contributed by atoms with Gasteiger partial charge in [0, 0.05) is 26.1 Å². The van der Waals surface area contributed by atoms with Gasteiger partial charge in [0.1, 0.15) is 6.54 Å². The zero-order valence-corrected chi connectivity index (χ0v) is 11.0. The molecule has 0 atom stereocenters. The Balaban J connectivity index is 2.01. The Labute approximate surface area is 112 Å². The first kappa shape index (κ1) is 15.3. The van der Waals surface area contributed by atoms with Gasteiger partial charge in [0.2, 0.25) is 5.91 Å². The van der Waals surface area contributed by atoms with E-state index in [1.807, 2.05) is 0 Å². The summed E-state index contributed by atoms with van der Waals surface area (Å²) in [5, 5.41) is 13.9. The first-order chi connectivity index (χ1) is 9.09. The van der Waals surface area contributed by atoms with Gasteiger partial charge in [0.05, 0.1) is 0 Å². The second kappa shape index (κ2) is 8.34. The molecule has 7 heteroatoms. The van der Waals surface area contributed by atoms with E-state index in [4.69, 9.17) is 5.11 Å². The van der Waals surface area contributed by atoms with E-state index in [1.54, 1.807) is 0 Å². The maximum absolute atomic E-state index is 11.7. The van der Waals surface area contributed by atoms with Gasteiger partial charge in [0.15, 0.2) is 0 Å². The third kappa shape index (κ3) is 6.64. The number of unbranched alkanes of at least 4 members (excludes halogenated alkanes) is 3. The van der Waals surface area contributed by atoms with Crippen molar-refractivity contribution in [2.24, 2.45) is 0 Å². The van der Waals surface area contributed by atoms with Gasteiger partial charge in [-0.05, 0) is 12.8 Å².